The van der Waals surface area contributed by atoms with Crippen LogP contribution in [0.25, 0.3) is 0 Å². The molecule has 1 saturated heterocycles. The minimum absolute atomic E-state index is 0.0505. The zero-order chi connectivity index (χ0) is 16.2. The summed E-state index contributed by atoms with van der Waals surface area (Å²) in [6.45, 7) is 7.71. The quantitative estimate of drug-likeness (QED) is 0.842. The minimum atomic E-state index is -0.0917. The van der Waals surface area contributed by atoms with Gasteiger partial charge in [-0.05, 0) is 44.7 Å². The Morgan fingerprint density at radius 1 is 1.35 bits per heavy atom. The van der Waals surface area contributed by atoms with Gasteiger partial charge in [-0.3, -0.25) is 4.90 Å². The van der Waals surface area contributed by atoms with Crippen molar-refractivity contribution in [1.82, 2.24) is 15.5 Å². The van der Waals surface area contributed by atoms with Crippen molar-refractivity contribution in [2.75, 3.05) is 32.8 Å². The molecule has 0 radical (unpaired) electrons. The Labute approximate surface area is 137 Å². The number of nitrogens with one attached hydrogen (secondary N) is 2. The van der Waals surface area contributed by atoms with Gasteiger partial charge in [-0.1, -0.05) is 0 Å². The first kappa shape index (κ1) is 16.3. The summed E-state index contributed by atoms with van der Waals surface area (Å²) >= 11 is 0. The number of carbonyl (C=O) groups is 1. The van der Waals surface area contributed by atoms with Gasteiger partial charge in [0.25, 0.3) is 0 Å². The topological polar surface area (TPSA) is 66.7 Å². The van der Waals surface area contributed by atoms with E-state index in [4.69, 9.17) is 9.15 Å². The fraction of sp³-hybridized carbons (Fsp3) is 0.706. The lowest BCUT2D eigenvalue weighted by Gasteiger charge is -2.33. The van der Waals surface area contributed by atoms with Gasteiger partial charge in [-0.15, -0.1) is 0 Å². The second kappa shape index (κ2) is 7.36. The van der Waals surface area contributed by atoms with Crippen LogP contribution in [0.2, 0.25) is 0 Å². The maximum absolute atomic E-state index is 12.1. The third-order valence-electron chi connectivity index (χ3n) is 4.72. The number of rotatable bonds is 6. The zero-order valence-electron chi connectivity index (χ0n) is 14.0. The lowest BCUT2D eigenvalue weighted by Crippen LogP contribution is -2.47. The van der Waals surface area contributed by atoms with Gasteiger partial charge >= 0.3 is 6.03 Å². The van der Waals surface area contributed by atoms with Crippen LogP contribution in [-0.4, -0.2) is 49.8 Å². The minimum Gasteiger partial charge on any atom is -0.465 e. The van der Waals surface area contributed by atoms with Gasteiger partial charge in [0.1, 0.15) is 11.5 Å². The van der Waals surface area contributed by atoms with Gasteiger partial charge < -0.3 is 19.8 Å². The second-order valence-corrected chi connectivity index (χ2v) is 6.59. The third-order valence-corrected chi connectivity index (χ3v) is 4.72. The van der Waals surface area contributed by atoms with Gasteiger partial charge in [0.05, 0.1) is 19.3 Å². The highest BCUT2D eigenvalue weighted by Crippen LogP contribution is 2.32. The van der Waals surface area contributed by atoms with E-state index >= 15 is 0 Å². The number of aryl methyl sites for hydroxylation is 1. The molecule has 0 unspecified atom stereocenters. The Kier molecular flexibility index (Phi) is 5.23. The summed E-state index contributed by atoms with van der Waals surface area (Å²) in [7, 11) is 0. The average molecular weight is 321 g/mol. The summed E-state index contributed by atoms with van der Waals surface area (Å²) in [5.74, 6) is 2.45. The fourth-order valence-corrected chi connectivity index (χ4v) is 3.09. The van der Waals surface area contributed by atoms with Crippen LogP contribution in [0, 0.1) is 12.8 Å². The largest absolute Gasteiger partial charge is 0.465 e. The maximum Gasteiger partial charge on any atom is 0.315 e. The molecule has 2 amide bonds. The summed E-state index contributed by atoms with van der Waals surface area (Å²) < 4.78 is 11.2. The molecule has 3 rings (SSSR count). The van der Waals surface area contributed by atoms with Gasteiger partial charge in [-0.2, -0.15) is 0 Å². The number of carbonyl (C=O) groups excluding carboxylic acids is 1. The Morgan fingerprint density at radius 2 is 2.09 bits per heavy atom. The van der Waals surface area contributed by atoms with Crippen LogP contribution in [0.5, 0.6) is 0 Å². The van der Waals surface area contributed by atoms with Crippen LogP contribution in [-0.2, 0) is 4.74 Å². The third kappa shape index (κ3) is 4.48. The molecular formula is C17H27N3O3. The zero-order valence-corrected chi connectivity index (χ0v) is 14.0. The van der Waals surface area contributed by atoms with E-state index in [9.17, 15) is 4.79 Å². The van der Waals surface area contributed by atoms with Gasteiger partial charge in [-0.25, -0.2) is 4.79 Å². The van der Waals surface area contributed by atoms with Crippen LogP contribution in [0.4, 0.5) is 4.79 Å². The number of ether oxygens (including phenoxy) is 1. The van der Waals surface area contributed by atoms with Crippen molar-refractivity contribution < 1.29 is 13.9 Å². The average Bonchev–Trinajstić information content (AvgIpc) is 3.31. The fourth-order valence-electron chi connectivity index (χ4n) is 3.09. The van der Waals surface area contributed by atoms with Crippen LogP contribution in [0.3, 0.4) is 0 Å². The molecule has 23 heavy (non-hydrogen) atoms. The van der Waals surface area contributed by atoms with Crippen LogP contribution in [0.15, 0.2) is 16.5 Å². The van der Waals surface area contributed by atoms with Gasteiger partial charge in [0.15, 0.2) is 0 Å². The van der Waals surface area contributed by atoms with Gasteiger partial charge in [0.2, 0.25) is 0 Å². The monoisotopic (exact) mass is 321 g/mol. The molecule has 6 heteroatoms. The van der Waals surface area contributed by atoms with Crippen LogP contribution in [0.1, 0.15) is 37.3 Å². The molecule has 2 fully saturated rings. The maximum atomic E-state index is 12.1. The summed E-state index contributed by atoms with van der Waals surface area (Å²) in [4.78, 5) is 14.4. The van der Waals surface area contributed by atoms with Gasteiger partial charge in [0, 0.05) is 25.7 Å². The van der Waals surface area contributed by atoms with E-state index in [2.05, 4.69) is 22.5 Å². The highest BCUT2D eigenvalue weighted by molar-refractivity contribution is 5.74. The standard InChI is InChI=1S/C17H27N3O3/c1-12-3-6-16(23-12)15(20-7-9-22-10-8-20)11-18-17(21)19-13(2)14-4-5-14/h3,6,13-15H,4-5,7-11H2,1-2H3,(H2,18,19,21)/t13-,15-/m1/s1. The van der Waals surface area contributed by atoms with E-state index in [0.717, 1.165) is 37.8 Å². The summed E-state index contributed by atoms with van der Waals surface area (Å²) in [5.41, 5.74) is 0. The predicted octanol–water partition coefficient (Wildman–Crippen LogP) is 2.06. The molecule has 0 spiro atoms. The van der Waals surface area contributed by atoms with Crippen molar-refractivity contribution in [2.24, 2.45) is 5.92 Å². The number of hydrogen-bond donors (Lipinski definition) is 2. The molecule has 6 nitrogen and oxygen atoms in total. The molecule has 0 aromatic carbocycles. The molecule has 2 aliphatic rings. The smallest absolute Gasteiger partial charge is 0.315 e. The van der Waals surface area contributed by atoms with Crippen molar-refractivity contribution in [3.05, 3.63) is 23.7 Å². The first-order chi connectivity index (χ1) is 11.1. The van der Waals surface area contributed by atoms with E-state index in [-0.39, 0.29) is 18.1 Å². The Balaban J connectivity index is 1.57. The van der Waals surface area contributed by atoms with E-state index in [1.54, 1.807) is 0 Å². The lowest BCUT2D eigenvalue weighted by molar-refractivity contribution is 0.0121. The molecule has 128 valence electrons. The number of furan rings is 1. The van der Waals surface area contributed by atoms with E-state index in [1.807, 2.05) is 19.1 Å². The van der Waals surface area contributed by atoms with Crippen molar-refractivity contribution in [2.45, 2.75) is 38.8 Å². The molecule has 2 N–H and O–H groups in total. The lowest BCUT2D eigenvalue weighted by atomic mass is 10.1. The number of nitrogens with zero attached hydrogens (tertiary/aromatic N) is 1. The molecule has 0 bridgehead atoms. The Hall–Kier alpha value is -1.53. The molecule has 2 atom stereocenters. The normalized spacial score (nSPS) is 21.7. The molecular weight excluding hydrogens is 294 g/mol. The first-order valence-corrected chi connectivity index (χ1v) is 8.56. The molecule has 1 aliphatic carbocycles. The Morgan fingerprint density at radius 3 is 2.70 bits per heavy atom. The second-order valence-electron chi connectivity index (χ2n) is 6.59. The predicted molar refractivity (Wildman–Crippen MR) is 87.3 cm³/mol. The molecule has 1 saturated carbocycles. The summed E-state index contributed by atoms with van der Waals surface area (Å²) in [5, 5.41) is 6.04. The molecule has 1 aromatic heterocycles. The molecule has 1 aromatic rings. The Bertz CT molecular complexity index is 521. The number of morpholine rings is 1. The van der Waals surface area contributed by atoms with E-state index in [1.165, 1.54) is 12.8 Å². The van der Waals surface area contributed by atoms with Crippen molar-refractivity contribution in [1.29, 1.82) is 0 Å². The van der Waals surface area contributed by atoms with Crippen molar-refractivity contribution in [3.63, 3.8) is 0 Å². The van der Waals surface area contributed by atoms with Crippen LogP contribution < -0.4 is 10.6 Å². The highest BCUT2D eigenvalue weighted by atomic mass is 16.5. The highest BCUT2D eigenvalue weighted by Gasteiger charge is 2.30. The van der Waals surface area contributed by atoms with Crippen LogP contribution >= 0.6 is 0 Å². The summed E-state index contributed by atoms with van der Waals surface area (Å²) in [6.07, 6.45) is 2.45. The number of urea groups is 1. The van der Waals surface area contributed by atoms with Crippen molar-refractivity contribution in [3.8, 4) is 0 Å². The number of amides is 2. The first-order valence-electron chi connectivity index (χ1n) is 8.56. The number of hydrogen-bond acceptors (Lipinski definition) is 4. The molecule has 1 aliphatic heterocycles. The SMILES string of the molecule is Cc1ccc([C@@H](CNC(=O)N[C@H](C)C2CC2)N2CCOCC2)o1. The van der Waals surface area contributed by atoms with E-state index in [0.29, 0.717) is 12.5 Å². The van der Waals surface area contributed by atoms with E-state index < -0.39 is 0 Å². The summed E-state index contributed by atoms with van der Waals surface area (Å²) in [6, 6.07) is 4.18. The van der Waals surface area contributed by atoms with Crippen molar-refractivity contribution >= 4 is 6.03 Å². The molecule has 2 heterocycles.